The summed E-state index contributed by atoms with van der Waals surface area (Å²) in [6, 6.07) is 5.68. The van der Waals surface area contributed by atoms with E-state index in [9.17, 15) is 4.39 Å². The fraction of sp³-hybridized carbons (Fsp3) is 0.571. The van der Waals surface area contributed by atoms with Gasteiger partial charge in [-0.1, -0.05) is 19.9 Å². The lowest BCUT2D eigenvalue weighted by atomic mass is 9.90. The molecular formula is C14H19BrFN. The topological polar surface area (TPSA) is 12.0 Å². The lowest BCUT2D eigenvalue weighted by Gasteiger charge is -2.25. The summed E-state index contributed by atoms with van der Waals surface area (Å²) in [6.07, 6.45) is 2.68. The van der Waals surface area contributed by atoms with Crippen molar-refractivity contribution in [3.63, 3.8) is 0 Å². The van der Waals surface area contributed by atoms with Gasteiger partial charge in [0.15, 0.2) is 0 Å². The summed E-state index contributed by atoms with van der Waals surface area (Å²) in [7, 11) is 0. The van der Waals surface area contributed by atoms with E-state index in [2.05, 4.69) is 35.1 Å². The van der Waals surface area contributed by atoms with E-state index in [0.29, 0.717) is 16.4 Å². The normalized spacial score (nSPS) is 19.1. The maximum atomic E-state index is 13.3. The van der Waals surface area contributed by atoms with E-state index in [1.165, 1.54) is 18.4 Å². The highest BCUT2D eigenvalue weighted by molar-refractivity contribution is 9.10. The maximum Gasteiger partial charge on any atom is 0.137 e. The van der Waals surface area contributed by atoms with E-state index in [1.54, 1.807) is 6.07 Å². The molecule has 1 aliphatic rings. The van der Waals surface area contributed by atoms with Gasteiger partial charge in [-0.15, -0.1) is 0 Å². The molecule has 2 atom stereocenters. The van der Waals surface area contributed by atoms with Gasteiger partial charge >= 0.3 is 0 Å². The largest absolute Gasteiger partial charge is 0.310 e. The van der Waals surface area contributed by atoms with Crippen LogP contribution in [-0.2, 0) is 0 Å². The Morgan fingerprint density at radius 1 is 1.47 bits per heavy atom. The molecule has 2 rings (SSSR count). The van der Waals surface area contributed by atoms with Crippen molar-refractivity contribution in [2.75, 3.05) is 6.54 Å². The van der Waals surface area contributed by atoms with Gasteiger partial charge in [-0.2, -0.15) is 0 Å². The zero-order valence-corrected chi connectivity index (χ0v) is 11.9. The second kappa shape index (κ2) is 5.49. The van der Waals surface area contributed by atoms with Crippen molar-refractivity contribution < 1.29 is 4.39 Å². The van der Waals surface area contributed by atoms with Crippen molar-refractivity contribution in [1.82, 2.24) is 5.32 Å². The number of hydrogen-bond acceptors (Lipinski definition) is 1. The molecule has 0 aliphatic heterocycles. The number of hydrogen-bond donors (Lipinski definition) is 1. The Kier molecular flexibility index (Phi) is 4.21. The average Bonchev–Trinajstić information content (AvgIpc) is 3.13. The van der Waals surface area contributed by atoms with Gasteiger partial charge in [-0.3, -0.25) is 0 Å². The number of benzene rings is 1. The molecule has 0 spiro atoms. The minimum absolute atomic E-state index is 0.192. The SMILES string of the molecule is CCNC(c1ccc(F)c(Br)c1)C(C)C1CC1. The molecule has 0 amide bonds. The van der Waals surface area contributed by atoms with Gasteiger partial charge in [0, 0.05) is 6.04 Å². The van der Waals surface area contributed by atoms with Crippen molar-refractivity contribution in [2.45, 2.75) is 32.7 Å². The molecule has 1 aliphatic carbocycles. The van der Waals surface area contributed by atoms with E-state index in [-0.39, 0.29) is 5.82 Å². The van der Waals surface area contributed by atoms with E-state index in [1.807, 2.05) is 12.1 Å². The number of rotatable bonds is 5. The first kappa shape index (κ1) is 13.0. The third-order valence-corrected chi connectivity index (χ3v) is 4.23. The lowest BCUT2D eigenvalue weighted by molar-refractivity contribution is 0.355. The van der Waals surface area contributed by atoms with Crippen LogP contribution in [0.5, 0.6) is 0 Å². The van der Waals surface area contributed by atoms with Crippen LogP contribution in [0.15, 0.2) is 22.7 Å². The summed E-state index contributed by atoms with van der Waals surface area (Å²) in [4.78, 5) is 0. The quantitative estimate of drug-likeness (QED) is 0.855. The molecule has 94 valence electrons. The molecule has 2 unspecified atom stereocenters. The van der Waals surface area contributed by atoms with Crippen LogP contribution in [0.2, 0.25) is 0 Å². The van der Waals surface area contributed by atoms with E-state index >= 15 is 0 Å². The summed E-state index contributed by atoms with van der Waals surface area (Å²) >= 11 is 3.26. The number of halogens is 2. The highest BCUT2D eigenvalue weighted by Gasteiger charge is 2.33. The lowest BCUT2D eigenvalue weighted by Crippen LogP contribution is -2.27. The van der Waals surface area contributed by atoms with Crippen molar-refractivity contribution in [2.24, 2.45) is 11.8 Å². The molecule has 0 radical (unpaired) electrons. The highest BCUT2D eigenvalue weighted by Crippen LogP contribution is 2.42. The van der Waals surface area contributed by atoms with Crippen molar-refractivity contribution >= 4 is 15.9 Å². The predicted octanol–water partition coefficient (Wildman–Crippen LogP) is 4.28. The molecular weight excluding hydrogens is 281 g/mol. The monoisotopic (exact) mass is 299 g/mol. The Balaban J connectivity index is 2.21. The minimum atomic E-state index is -0.192. The molecule has 0 saturated heterocycles. The summed E-state index contributed by atoms with van der Waals surface area (Å²) < 4.78 is 13.8. The zero-order valence-electron chi connectivity index (χ0n) is 10.3. The van der Waals surface area contributed by atoms with Crippen LogP contribution in [-0.4, -0.2) is 6.54 Å². The fourth-order valence-electron chi connectivity index (χ4n) is 2.43. The molecule has 1 nitrogen and oxygen atoms in total. The third-order valence-electron chi connectivity index (χ3n) is 3.62. The van der Waals surface area contributed by atoms with E-state index < -0.39 is 0 Å². The van der Waals surface area contributed by atoms with Crippen LogP contribution in [0.3, 0.4) is 0 Å². The number of nitrogens with one attached hydrogen (secondary N) is 1. The van der Waals surface area contributed by atoms with Crippen LogP contribution in [0, 0.1) is 17.7 Å². The molecule has 3 heteroatoms. The third kappa shape index (κ3) is 3.08. The Hall–Kier alpha value is -0.410. The van der Waals surface area contributed by atoms with Gasteiger partial charge in [0.25, 0.3) is 0 Å². The van der Waals surface area contributed by atoms with Crippen molar-refractivity contribution in [3.8, 4) is 0 Å². The molecule has 0 heterocycles. The van der Waals surface area contributed by atoms with E-state index in [4.69, 9.17) is 0 Å². The molecule has 1 fully saturated rings. The van der Waals surface area contributed by atoms with Crippen LogP contribution in [0.4, 0.5) is 4.39 Å². The summed E-state index contributed by atoms with van der Waals surface area (Å²) in [6.45, 7) is 5.35. The maximum absolute atomic E-state index is 13.3. The summed E-state index contributed by atoms with van der Waals surface area (Å²) in [5.41, 5.74) is 1.18. The molecule has 1 N–H and O–H groups in total. The highest BCUT2D eigenvalue weighted by atomic mass is 79.9. The Labute approximate surface area is 111 Å². The van der Waals surface area contributed by atoms with Crippen molar-refractivity contribution in [3.05, 3.63) is 34.1 Å². The first-order valence-corrected chi connectivity index (χ1v) is 7.11. The smallest absolute Gasteiger partial charge is 0.137 e. The molecule has 1 aromatic carbocycles. The summed E-state index contributed by atoms with van der Waals surface area (Å²) in [5, 5.41) is 3.52. The average molecular weight is 300 g/mol. The molecule has 0 bridgehead atoms. The molecule has 0 aromatic heterocycles. The van der Waals surface area contributed by atoms with Gasteiger partial charge in [0.1, 0.15) is 5.82 Å². The Bertz CT molecular complexity index is 390. The Morgan fingerprint density at radius 2 is 2.18 bits per heavy atom. The van der Waals surface area contributed by atoms with Crippen LogP contribution >= 0.6 is 15.9 Å². The fourth-order valence-corrected chi connectivity index (χ4v) is 2.82. The molecule has 1 saturated carbocycles. The van der Waals surface area contributed by atoms with Gasteiger partial charge in [0.05, 0.1) is 4.47 Å². The van der Waals surface area contributed by atoms with Gasteiger partial charge < -0.3 is 5.32 Å². The molecule has 1 aromatic rings. The van der Waals surface area contributed by atoms with Crippen LogP contribution < -0.4 is 5.32 Å². The van der Waals surface area contributed by atoms with Crippen LogP contribution in [0.25, 0.3) is 0 Å². The minimum Gasteiger partial charge on any atom is -0.310 e. The second-order valence-corrected chi connectivity index (χ2v) is 5.76. The van der Waals surface area contributed by atoms with Gasteiger partial charge in [0.2, 0.25) is 0 Å². The van der Waals surface area contributed by atoms with Gasteiger partial charge in [-0.25, -0.2) is 4.39 Å². The zero-order chi connectivity index (χ0) is 12.4. The summed E-state index contributed by atoms with van der Waals surface area (Å²) in [5.74, 6) is 1.26. The van der Waals surface area contributed by atoms with Crippen LogP contribution in [0.1, 0.15) is 38.3 Å². The second-order valence-electron chi connectivity index (χ2n) is 4.91. The Morgan fingerprint density at radius 3 is 2.71 bits per heavy atom. The van der Waals surface area contributed by atoms with Crippen molar-refractivity contribution in [1.29, 1.82) is 0 Å². The standard InChI is InChI=1S/C14H19BrFN/c1-3-17-14(9(2)10-4-5-10)11-6-7-13(16)12(15)8-11/h6-10,14,17H,3-5H2,1-2H3. The predicted molar refractivity (Wildman–Crippen MR) is 72.4 cm³/mol. The molecule has 17 heavy (non-hydrogen) atoms. The first-order chi connectivity index (χ1) is 8.13. The van der Waals surface area contributed by atoms with E-state index in [0.717, 1.165) is 12.5 Å². The first-order valence-electron chi connectivity index (χ1n) is 6.31. The van der Waals surface area contributed by atoms with Gasteiger partial charge in [-0.05, 0) is 64.8 Å².